The van der Waals surface area contributed by atoms with Gasteiger partial charge in [0.1, 0.15) is 36.9 Å². The number of anilines is 2. The van der Waals surface area contributed by atoms with E-state index in [9.17, 15) is 4.79 Å². The number of nitrogens with zero attached hydrogens (tertiary/aromatic N) is 4. The lowest BCUT2D eigenvalue weighted by Gasteiger charge is -2.19. The summed E-state index contributed by atoms with van der Waals surface area (Å²) in [6.07, 6.45) is 3.22. The zero-order chi connectivity index (χ0) is 28.7. The fourth-order valence-electron chi connectivity index (χ4n) is 3.77. The fourth-order valence-corrected chi connectivity index (χ4v) is 4.00. The van der Waals surface area contributed by atoms with Crippen molar-refractivity contribution in [2.24, 2.45) is 0 Å². The number of carbonyl (C=O) groups excluding carboxylic acids is 1. The number of nitrogens with one attached hydrogen (secondary N) is 1. The molecule has 10 heteroatoms. The van der Waals surface area contributed by atoms with Gasteiger partial charge in [0.25, 0.3) is 0 Å². The van der Waals surface area contributed by atoms with Crippen molar-refractivity contribution < 1.29 is 19.0 Å². The van der Waals surface area contributed by atoms with Gasteiger partial charge < -0.3 is 24.4 Å². The van der Waals surface area contributed by atoms with E-state index in [-0.39, 0.29) is 5.91 Å². The van der Waals surface area contributed by atoms with Crippen molar-refractivity contribution in [2.75, 3.05) is 38.2 Å². The first kappa shape index (κ1) is 30.6. The highest BCUT2D eigenvalue weighted by Crippen LogP contribution is 2.34. The molecule has 0 saturated heterocycles. The standard InChI is InChI=1S/C26H26ClN5O3.C4H10O/c1-3-32(18(2)33)13-14-34-24-9-6-8-22-25(24)26(30-17-29-22)31-19-10-11-23(21(27)15-19)35-16-20-7-4-5-12-28-20;1-3-5-4-2/h4-12,15,17H,3,13-14,16H2,1-2H3,(H,29,30,31);3-4H2,1-2H3. The average Bonchev–Trinajstić information content (AvgIpc) is 2.96. The number of hydrogen-bond donors (Lipinski definition) is 1. The van der Waals surface area contributed by atoms with Gasteiger partial charge in [-0.2, -0.15) is 0 Å². The predicted octanol–water partition coefficient (Wildman–Crippen LogP) is 6.29. The summed E-state index contributed by atoms with van der Waals surface area (Å²) in [5.41, 5.74) is 2.29. The summed E-state index contributed by atoms with van der Waals surface area (Å²) in [5, 5.41) is 4.52. The van der Waals surface area contributed by atoms with E-state index in [1.165, 1.54) is 6.33 Å². The van der Waals surface area contributed by atoms with Crippen molar-refractivity contribution in [3.05, 3.63) is 77.8 Å². The molecule has 1 N–H and O–H groups in total. The topological polar surface area (TPSA) is 98.7 Å². The van der Waals surface area contributed by atoms with E-state index >= 15 is 0 Å². The van der Waals surface area contributed by atoms with Gasteiger partial charge in [0.15, 0.2) is 0 Å². The summed E-state index contributed by atoms with van der Waals surface area (Å²) >= 11 is 6.47. The van der Waals surface area contributed by atoms with E-state index in [2.05, 4.69) is 20.3 Å². The summed E-state index contributed by atoms with van der Waals surface area (Å²) in [6.45, 7) is 11.0. The van der Waals surface area contributed by atoms with Crippen molar-refractivity contribution in [1.29, 1.82) is 0 Å². The third-order valence-electron chi connectivity index (χ3n) is 5.78. The molecule has 40 heavy (non-hydrogen) atoms. The first-order valence-electron chi connectivity index (χ1n) is 13.3. The highest BCUT2D eigenvalue weighted by molar-refractivity contribution is 6.32. The Balaban J connectivity index is 0.000000810. The van der Waals surface area contributed by atoms with Gasteiger partial charge in [-0.1, -0.05) is 23.7 Å². The maximum absolute atomic E-state index is 11.7. The molecule has 0 spiro atoms. The van der Waals surface area contributed by atoms with Gasteiger partial charge in [0.2, 0.25) is 5.91 Å². The Morgan fingerprint density at radius 2 is 1.77 bits per heavy atom. The molecule has 9 nitrogen and oxygen atoms in total. The Morgan fingerprint density at radius 3 is 2.42 bits per heavy atom. The lowest BCUT2D eigenvalue weighted by atomic mass is 10.2. The second-order valence-corrected chi connectivity index (χ2v) is 8.89. The minimum atomic E-state index is 0.0176. The molecule has 4 aromatic rings. The molecule has 0 bridgehead atoms. The third kappa shape index (κ3) is 9.07. The SMILES string of the molecule is CCN(CCOc1cccc2ncnc(Nc3ccc(OCc4ccccn4)c(Cl)c3)c12)C(C)=O.CCOCC. The summed E-state index contributed by atoms with van der Waals surface area (Å²) in [7, 11) is 0. The van der Waals surface area contributed by atoms with Crippen LogP contribution in [0.2, 0.25) is 5.02 Å². The van der Waals surface area contributed by atoms with E-state index in [4.69, 9.17) is 25.8 Å². The Bertz CT molecular complexity index is 1350. The molecular formula is C30H36ClN5O4. The maximum atomic E-state index is 11.7. The smallest absolute Gasteiger partial charge is 0.219 e. The molecule has 2 aromatic heterocycles. The van der Waals surface area contributed by atoms with Crippen LogP contribution in [0, 0.1) is 0 Å². The van der Waals surface area contributed by atoms with Gasteiger partial charge in [-0.05, 0) is 63.2 Å². The highest BCUT2D eigenvalue weighted by atomic mass is 35.5. The van der Waals surface area contributed by atoms with Crippen molar-refractivity contribution in [2.45, 2.75) is 34.3 Å². The van der Waals surface area contributed by atoms with Crippen LogP contribution in [0.15, 0.2) is 67.1 Å². The van der Waals surface area contributed by atoms with Crippen LogP contribution in [0.25, 0.3) is 10.9 Å². The first-order chi connectivity index (χ1) is 19.5. The molecule has 4 rings (SSSR count). The van der Waals surface area contributed by atoms with E-state index in [1.807, 2.05) is 63.2 Å². The zero-order valence-corrected chi connectivity index (χ0v) is 24.1. The Morgan fingerprint density at radius 1 is 0.950 bits per heavy atom. The largest absolute Gasteiger partial charge is 0.491 e. The molecule has 0 atom stereocenters. The summed E-state index contributed by atoms with van der Waals surface area (Å²) < 4.78 is 16.7. The molecule has 0 aliphatic carbocycles. The molecule has 0 radical (unpaired) electrons. The highest BCUT2D eigenvalue weighted by Gasteiger charge is 2.13. The van der Waals surface area contributed by atoms with Gasteiger partial charge in [-0.15, -0.1) is 0 Å². The van der Waals surface area contributed by atoms with Crippen LogP contribution < -0.4 is 14.8 Å². The number of likely N-dealkylation sites (N-methyl/N-ethyl adjacent to an activating group) is 1. The lowest BCUT2D eigenvalue weighted by Crippen LogP contribution is -2.32. The molecule has 0 aliphatic rings. The number of benzene rings is 2. The van der Waals surface area contributed by atoms with Crippen molar-refractivity contribution in [3.8, 4) is 11.5 Å². The number of pyridine rings is 1. The van der Waals surface area contributed by atoms with E-state index < -0.39 is 0 Å². The number of amides is 1. The molecule has 0 fully saturated rings. The molecule has 2 heterocycles. The number of carbonyl (C=O) groups is 1. The fraction of sp³-hybridized carbons (Fsp3) is 0.333. The molecule has 0 saturated carbocycles. The summed E-state index contributed by atoms with van der Waals surface area (Å²) in [5.74, 6) is 1.80. The van der Waals surface area contributed by atoms with Crippen LogP contribution in [0.3, 0.4) is 0 Å². The van der Waals surface area contributed by atoms with Crippen LogP contribution >= 0.6 is 11.6 Å². The number of fused-ring (bicyclic) bond motifs is 1. The van der Waals surface area contributed by atoms with Crippen LogP contribution in [0.5, 0.6) is 11.5 Å². The van der Waals surface area contributed by atoms with Crippen LogP contribution in [-0.2, 0) is 16.1 Å². The normalized spacial score (nSPS) is 10.4. The van der Waals surface area contributed by atoms with Crippen LogP contribution in [-0.4, -0.2) is 58.7 Å². The van der Waals surface area contributed by atoms with Gasteiger partial charge in [0.05, 0.1) is 28.2 Å². The molecular weight excluding hydrogens is 530 g/mol. The monoisotopic (exact) mass is 565 g/mol. The Labute approximate surface area is 240 Å². The Hall–Kier alpha value is -3.95. The predicted molar refractivity (Wildman–Crippen MR) is 158 cm³/mol. The van der Waals surface area contributed by atoms with Crippen LogP contribution in [0.1, 0.15) is 33.4 Å². The number of hydrogen-bond acceptors (Lipinski definition) is 8. The molecule has 212 valence electrons. The van der Waals surface area contributed by atoms with Crippen LogP contribution in [0.4, 0.5) is 11.5 Å². The number of halogens is 1. The second kappa shape index (κ2) is 16.2. The van der Waals surface area contributed by atoms with Crippen molar-refractivity contribution in [3.63, 3.8) is 0 Å². The second-order valence-electron chi connectivity index (χ2n) is 8.48. The number of rotatable bonds is 12. The van der Waals surface area contributed by atoms with Gasteiger partial charge >= 0.3 is 0 Å². The van der Waals surface area contributed by atoms with E-state index in [1.54, 1.807) is 30.2 Å². The number of ether oxygens (including phenoxy) is 3. The minimum Gasteiger partial charge on any atom is -0.491 e. The van der Waals surface area contributed by atoms with Gasteiger partial charge in [-0.3, -0.25) is 9.78 Å². The van der Waals surface area contributed by atoms with Crippen molar-refractivity contribution in [1.82, 2.24) is 19.9 Å². The molecule has 2 aromatic carbocycles. The maximum Gasteiger partial charge on any atom is 0.219 e. The lowest BCUT2D eigenvalue weighted by molar-refractivity contribution is -0.129. The average molecular weight is 566 g/mol. The minimum absolute atomic E-state index is 0.0176. The van der Waals surface area contributed by atoms with Crippen molar-refractivity contribution >= 4 is 39.9 Å². The summed E-state index contributed by atoms with van der Waals surface area (Å²) in [6, 6.07) is 16.7. The third-order valence-corrected chi connectivity index (χ3v) is 6.07. The zero-order valence-electron chi connectivity index (χ0n) is 23.4. The molecule has 1 amide bonds. The van der Waals surface area contributed by atoms with E-state index in [0.717, 1.165) is 35.5 Å². The molecule has 0 aliphatic heterocycles. The summed E-state index contributed by atoms with van der Waals surface area (Å²) in [4.78, 5) is 26.4. The quantitative estimate of drug-likeness (QED) is 0.214. The number of aromatic nitrogens is 3. The van der Waals surface area contributed by atoms with Gasteiger partial charge in [-0.25, -0.2) is 9.97 Å². The first-order valence-corrected chi connectivity index (χ1v) is 13.6. The van der Waals surface area contributed by atoms with E-state index in [0.29, 0.717) is 48.6 Å². The Kier molecular flexibility index (Phi) is 12.4. The molecule has 0 unspecified atom stereocenters. The van der Waals surface area contributed by atoms with Gasteiger partial charge in [0, 0.05) is 38.6 Å².